The minimum absolute atomic E-state index is 0.159. The van der Waals surface area contributed by atoms with Crippen molar-refractivity contribution in [3.05, 3.63) is 0 Å². The molecule has 0 fully saturated rings. The molecule has 0 aliphatic heterocycles. The predicted octanol–water partition coefficient (Wildman–Crippen LogP) is 1.16. The maximum atomic E-state index is 8.63. The van der Waals surface area contributed by atoms with E-state index in [9.17, 15) is 0 Å². The lowest BCUT2D eigenvalue weighted by Gasteiger charge is -2.11. The smallest absolute Gasteiger partial charge is 0.119 e. The van der Waals surface area contributed by atoms with Crippen molar-refractivity contribution in [2.24, 2.45) is 5.92 Å². The van der Waals surface area contributed by atoms with Crippen molar-refractivity contribution in [3.8, 4) is 6.07 Å². The van der Waals surface area contributed by atoms with Gasteiger partial charge in [-0.1, -0.05) is 20.8 Å². The van der Waals surface area contributed by atoms with E-state index < -0.39 is 0 Å². The van der Waals surface area contributed by atoms with Gasteiger partial charge in [-0.25, -0.2) is 0 Å². The molecule has 0 heterocycles. The summed E-state index contributed by atoms with van der Waals surface area (Å²) in [6, 6.07) is 1.98. The summed E-state index contributed by atoms with van der Waals surface area (Å²) in [6.45, 7) is 8.19. The zero-order valence-corrected chi connectivity index (χ0v) is 8.13. The predicted molar refractivity (Wildman–Crippen MR) is 48.7 cm³/mol. The van der Waals surface area contributed by atoms with Crippen LogP contribution in [0.25, 0.3) is 0 Å². The standard InChI is InChI=1S/C9H18N2O/c1-4-11-9(5-10)7-12-6-8(2)3/h8-9,11H,4,6-7H2,1-3H3. The second-order valence-electron chi connectivity index (χ2n) is 3.17. The van der Waals surface area contributed by atoms with Gasteiger partial charge in [-0.05, 0) is 12.5 Å². The highest BCUT2D eigenvalue weighted by molar-refractivity contribution is 4.88. The number of hydrogen-bond donors (Lipinski definition) is 1. The van der Waals surface area contributed by atoms with Gasteiger partial charge >= 0.3 is 0 Å². The molecule has 70 valence electrons. The van der Waals surface area contributed by atoms with Gasteiger partial charge in [0.1, 0.15) is 6.04 Å². The Morgan fingerprint density at radius 3 is 2.50 bits per heavy atom. The normalized spacial score (nSPS) is 12.9. The lowest BCUT2D eigenvalue weighted by Crippen LogP contribution is -2.32. The molecular formula is C9H18N2O. The van der Waals surface area contributed by atoms with Crippen molar-refractivity contribution in [3.63, 3.8) is 0 Å². The summed E-state index contributed by atoms with van der Waals surface area (Å²) in [5.41, 5.74) is 0. The van der Waals surface area contributed by atoms with Gasteiger partial charge in [0.2, 0.25) is 0 Å². The first-order valence-corrected chi connectivity index (χ1v) is 4.41. The first-order valence-electron chi connectivity index (χ1n) is 4.41. The van der Waals surface area contributed by atoms with Crippen molar-refractivity contribution in [1.29, 1.82) is 5.26 Å². The van der Waals surface area contributed by atoms with Crippen LogP contribution in [0, 0.1) is 17.2 Å². The first kappa shape index (κ1) is 11.4. The highest BCUT2D eigenvalue weighted by Gasteiger charge is 2.04. The van der Waals surface area contributed by atoms with Crippen LogP contribution >= 0.6 is 0 Å². The fourth-order valence-electron chi connectivity index (χ4n) is 0.810. The van der Waals surface area contributed by atoms with E-state index in [1.54, 1.807) is 0 Å². The van der Waals surface area contributed by atoms with Crippen LogP contribution in [0.5, 0.6) is 0 Å². The van der Waals surface area contributed by atoms with Crippen LogP contribution in [0.1, 0.15) is 20.8 Å². The molecule has 0 amide bonds. The van der Waals surface area contributed by atoms with Crippen molar-refractivity contribution in [2.45, 2.75) is 26.8 Å². The van der Waals surface area contributed by atoms with E-state index in [1.807, 2.05) is 6.92 Å². The van der Waals surface area contributed by atoms with Crippen molar-refractivity contribution in [1.82, 2.24) is 5.32 Å². The molecule has 12 heavy (non-hydrogen) atoms. The minimum Gasteiger partial charge on any atom is -0.378 e. The molecule has 0 saturated heterocycles. The van der Waals surface area contributed by atoms with Crippen molar-refractivity contribution >= 4 is 0 Å². The number of hydrogen-bond acceptors (Lipinski definition) is 3. The van der Waals surface area contributed by atoms with Crippen molar-refractivity contribution < 1.29 is 4.74 Å². The first-order chi connectivity index (χ1) is 5.70. The van der Waals surface area contributed by atoms with Gasteiger partial charge in [0.05, 0.1) is 12.7 Å². The third kappa shape index (κ3) is 6.14. The third-order valence-electron chi connectivity index (χ3n) is 1.34. The molecule has 0 aliphatic rings. The van der Waals surface area contributed by atoms with Gasteiger partial charge in [-0.3, -0.25) is 0 Å². The summed E-state index contributed by atoms with van der Waals surface area (Å²) >= 11 is 0. The fraction of sp³-hybridized carbons (Fsp3) is 0.889. The summed E-state index contributed by atoms with van der Waals surface area (Å²) in [5.74, 6) is 0.533. The molecule has 1 unspecified atom stereocenters. The van der Waals surface area contributed by atoms with Crippen LogP contribution in [0.3, 0.4) is 0 Å². The Hall–Kier alpha value is -0.590. The van der Waals surface area contributed by atoms with Crippen LogP contribution in [-0.2, 0) is 4.74 Å². The van der Waals surface area contributed by atoms with Crippen LogP contribution in [0.15, 0.2) is 0 Å². The van der Waals surface area contributed by atoms with E-state index in [-0.39, 0.29) is 6.04 Å². The van der Waals surface area contributed by atoms with Gasteiger partial charge in [-0.15, -0.1) is 0 Å². The molecule has 0 aromatic rings. The van der Waals surface area contributed by atoms with E-state index in [4.69, 9.17) is 10.00 Å². The maximum absolute atomic E-state index is 8.63. The quantitative estimate of drug-likeness (QED) is 0.650. The number of ether oxygens (including phenoxy) is 1. The van der Waals surface area contributed by atoms with Crippen LogP contribution < -0.4 is 5.32 Å². The number of nitrogens with one attached hydrogen (secondary N) is 1. The molecule has 1 N–H and O–H groups in total. The molecule has 0 aliphatic carbocycles. The molecule has 0 aromatic carbocycles. The largest absolute Gasteiger partial charge is 0.378 e. The molecule has 0 aromatic heterocycles. The van der Waals surface area contributed by atoms with Gasteiger partial charge in [0.15, 0.2) is 0 Å². The monoisotopic (exact) mass is 170 g/mol. The Kier molecular flexibility index (Phi) is 6.73. The lowest BCUT2D eigenvalue weighted by atomic mass is 10.2. The summed E-state index contributed by atoms with van der Waals surface area (Å²) in [7, 11) is 0. The number of likely N-dealkylation sites (N-methyl/N-ethyl adjacent to an activating group) is 1. The molecule has 1 atom stereocenters. The molecular weight excluding hydrogens is 152 g/mol. The Morgan fingerprint density at radius 2 is 2.08 bits per heavy atom. The molecule has 3 heteroatoms. The van der Waals surface area contributed by atoms with Gasteiger partial charge in [0, 0.05) is 6.61 Å². The highest BCUT2D eigenvalue weighted by Crippen LogP contribution is 1.93. The molecule has 3 nitrogen and oxygen atoms in total. The molecule has 0 radical (unpaired) electrons. The minimum atomic E-state index is -0.159. The van der Waals surface area contributed by atoms with Gasteiger partial charge in [0.25, 0.3) is 0 Å². The van der Waals surface area contributed by atoms with E-state index in [2.05, 4.69) is 25.2 Å². The van der Waals surface area contributed by atoms with E-state index in [0.29, 0.717) is 12.5 Å². The molecule has 0 rings (SSSR count). The van der Waals surface area contributed by atoms with Crippen LogP contribution in [-0.4, -0.2) is 25.8 Å². The van der Waals surface area contributed by atoms with Crippen LogP contribution in [0.2, 0.25) is 0 Å². The average Bonchev–Trinajstić information content (AvgIpc) is 2.02. The second-order valence-corrected chi connectivity index (χ2v) is 3.17. The lowest BCUT2D eigenvalue weighted by molar-refractivity contribution is 0.101. The van der Waals surface area contributed by atoms with E-state index in [1.165, 1.54) is 0 Å². The second kappa shape index (κ2) is 7.08. The van der Waals surface area contributed by atoms with E-state index >= 15 is 0 Å². The Morgan fingerprint density at radius 1 is 1.42 bits per heavy atom. The Balaban J connectivity index is 3.40. The number of rotatable bonds is 6. The SMILES string of the molecule is CCNC(C#N)COCC(C)C. The summed E-state index contributed by atoms with van der Waals surface area (Å²) in [5, 5.41) is 11.6. The molecule has 0 bridgehead atoms. The molecule has 0 spiro atoms. The zero-order chi connectivity index (χ0) is 9.40. The van der Waals surface area contributed by atoms with Crippen molar-refractivity contribution in [2.75, 3.05) is 19.8 Å². The summed E-state index contributed by atoms with van der Waals surface area (Å²) in [6.07, 6.45) is 0. The zero-order valence-electron chi connectivity index (χ0n) is 8.13. The van der Waals surface area contributed by atoms with Gasteiger partial charge in [-0.2, -0.15) is 5.26 Å². The van der Waals surface area contributed by atoms with Gasteiger partial charge < -0.3 is 10.1 Å². The average molecular weight is 170 g/mol. The third-order valence-corrected chi connectivity index (χ3v) is 1.34. The van der Waals surface area contributed by atoms with E-state index in [0.717, 1.165) is 13.2 Å². The Labute approximate surface area is 74.7 Å². The highest BCUT2D eigenvalue weighted by atomic mass is 16.5. The number of nitriles is 1. The maximum Gasteiger partial charge on any atom is 0.119 e. The topological polar surface area (TPSA) is 45.0 Å². The Bertz CT molecular complexity index is 140. The summed E-state index contributed by atoms with van der Waals surface area (Å²) < 4.78 is 5.32. The van der Waals surface area contributed by atoms with Crippen LogP contribution in [0.4, 0.5) is 0 Å². The summed E-state index contributed by atoms with van der Waals surface area (Å²) in [4.78, 5) is 0. The fourth-order valence-corrected chi connectivity index (χ4v) is 0.810. The number of nitrogens with zero attached hydrogens (tertiary/aromatic N) is 1. The molecule has 0 saturated carbocycles.